The van der Waals surface area contributed by atoms with E-state index in [2.05, 4.69) is 0 Å². The van der Waals surface area contributed by atoms with Crippen LogP contribution in [0.1, 0.15) is 41.5 Å². The van der Waals surface area contributed by atoms with E-state index in [1.54, 1.807) is 12.1 Å². The maximum Gasteiger partial charge on any atom is 0.408 e. The summed E-state index contributed by atoms with van der Waals surface area (Å²) in [5.41, 5.74) is 7.92. The van der Waals surface area contributed by atoms with Crippen LogP contribution in [0, 0.1) is 0 Å². The third-order valence-electron chi connectivity index (χ3n) is 6.91. The van der Waals surface area contributed by atoms with Crippen LogP contribution in [0.2, 0.25) is 10.0 Å². The van der Waals surface area contributed by atoms with Gasteiger partial charge in [-0.1, -0.05) is 53.5 Å². The summed E-state index contributed by atoms with van der Waals surface area (Å²) in [5, 5.41) is 42.0. The van der Waals surface area contributed by atoms with E-state index in [1.165, 1.54) is 11.9 Å². The zero-order valence-electron chi connectivity index (χ0n) is 19.1. The SMILES string of the molecule is CN([C@H]1CC[C@@H](c2ccc(Cl)c(Cl)c2)c2ccccc21)C1(OC(N)=O)O[C@H](C(=O)O)[C@@H](O)[C@H](O)[C@H]1O. The molecule has 0 radical (unpaired) electrons. The second kappa shape index (κ2) is 10.1. The highest BCUT2D eigenvalue weighted by Crippen LogP contribution is 2.47. The van der Waals surface area contributed by atoms with Gasteiger partial charge in [-0.25, -0.2) is 14.5 Å². The summed E-state index contributed by atoms with van der Waals surface area (Å²) in [6.45, 7) is 0. The van der Waals surface area contributed by atoms with Gasteiger partial charge in [-0.3, -0.25) is 0 Å². The van der Waals surface area contributed by atoms with Crippen molar-refractivity contribution in [2.24, 2.45) is 5.73 Å². The number of nitrogens with zero attached hydrogens (tertiary/aromatic N) is 1. The summed E-state index contributed by atoms with van der Waals surface area (Å²) in [5.74, 6) is -4.17. The first-order valence-electron chi connectivity index (χ1n) is 11.2. The predicted molar refractivity (Wildman–Crippen MR) is 128 cm³/mol. The van der Waals surface area contributed by atoms with Crippen molar-refractivity contribution < 1.29 is 39.5 Å². The molecule has 6 N–H and O–H groups in total. The Hall–Kier alpha value is -2.44. The molecule has 1 heterocycles. The van der Waals surface area contributed by atoms with E-state index < -0.39 is 48.4 Å². The van der Waals surface area contributed by atoms with E-state index in [4.69, 9.17) is 38.4 Å². The molecule has 1 amide bonds. The number of hydrogen-bond donors (Lipinski definition) is 5. The molecular formula is C24H26Cl2N2O8. The summed E-state index contributed by atoms with van der Waals surface area (Å²) >= 11 is 12.3. The number of carboxylic acid groups (broad SMARTS) is 1. The van der Waals surface area contributed by atoms with Crippen molar-refractivity contribution in [1.29, 1.82) is 0 Å². The number of carbonyl (C=O) groups is 2. The van der Waals surface area contributed by atoms with E-state index in [0.29, 0.717) is 22.9 Å². The summed E-state index contributed by atoms with van der Waals surface area (Å²) in [6.07, 6.45) is -8.35. The Kier molecular flexibility index (Phi) is 7.50. The minimum Gasteiger partial charge on any atom is -0.479 e. The Labute approximate surface area is 216 Å². The standard InChI is InChI=1S/C24H26Cl2N2O8/c1-28(24(36-23(27)34)21(31)19(30)18(29)20(35-24)22(32)33)17-9-7-12(13-4-2-3-5-14(13)17)11-6-8-15(25)16(26)10-11/h2-6,8,10,12,17-21,29-31H,7,9H2,1H3,(H2,27,34)(H,32,33)/t12-,17-,18-,19-,20-,21+,24?/m0/s1. The molecule has 2 aromatic carbocycles. The van der Waals surface area contributed by atoms with Crippen LogP contribution in [0.25, 0.3) is 0 Å². The van der Waals surface area contributed by atoms with Crippen LogP contribution in [0.4, 0.5) is 4.79 Å². The molecule has 7 atom stereocenters. The van der Waals surface area contributed by atoms with Crippen LogP contribution in [0.5, 0.6) is 0 Å². The number of aliphatic hydroxyl groups is 3. The van der Waals surface area contributed by atoms with Gasteiger partial charge in [-0.05, 0) is 48.7 Å². The molecule has 1 aliphatic carbocycles. The number of aliphatic hydroxyl groups excluding tert-OH is 3. The van der Waals surface area contributed by atoms with Crippen molar-refractivity contribution in [3.63, 3.8) is 0 Å². The Bertz CT molecular complexity index is 1170. The summed E-state index contributed by atoms with van der Waals surface area (Å²) in [6, 6.07) is 12.3. The highest BCUT2D eigenvalue weighted by molar-refractivity contribution is 6.42. The number of fused-ring (bicyclic) bond motifs is 1. The van der Waals surface area contributed by atoms with Gasteiger partial charge < -0.3 is 35.6 Å². The predicted octanol–water partition coefficient (Wildman–Crippen LogP) is 2.21. The number of aliphatic carboxylic acids is 1. The van der Waals surface area contributed by atoms with Crippen molar-refractivity contribution >= 4 is 35.3 Å². The van der Waals surface area contributed by atoms with Crippen LogP contribution in [0.3, 0.4) is 0 Å². The lowest BCUT2D eigenvalue weighted by Gasteiger charge is -2.52. The Morgan fingerprint density at radius 3 is 2.33 bits per heavy atom. The molecule has 1 fully saturated rings. The van der Waals surface area contributed by atoms with E-state index in [0.717, 1.165) is 16.7 Å². The second-order valence-corrected chi connectivity index (χ2v) is 9.73. The Morgan fingerprint density at radius 2 is 1.72 bits per heavy atom. The smallest absolute Gasteiger partial charge is 0.408 e. The zero-order chi connectivity index (χ0) is 26.4. The van der Waals surface area contributed by atoms with E-state index in [-0.39, 0.29) is 5.92 Å². The molecule has 2 aromatic rings. The molecule has 0 bridgehead atoms. The number of likely N-dealkylation sites (N-methyl/N-ethyl adjacent to an activating group) is 1. The van der Waals surface area contributed by atoms with Crippen LogP contribution in [0.15, 0.2) is 42.5 Å². The molecule has 0 aromatic heterocycles. The number of benzene rings is 2. The summed E-state index contributed by atoms with van der Waals surface area (Å²) in [4.78, 5) is 25.0. The molecule has 194 valence electrons. The molecule has 0 spiro atoms. The maximum atomic E-state index is 11.9. The minimum absolute atomic E-state index is 0.0509. The number of carbonyl (C=O) groups excluding carboxylic acids is 1. The summed E-state index contributed by atoms with van der Waals surface area (Å²) < 4.78 is 10.7. The van der Waals surface area contributed by atoms with Crippen molar-refractivity contribution in [2.45, 2.75) is 55.1 Å². The average molecular weight is 541 g/mol. The number of primary amides is 1. The average Bonchev–Trinajstić information content (AvgIpc) is 2.84. The lowest BCUT2D eigenvalue weighted by Crippen LogP contribution is -2.73. The first-order chi connectivity index (χ1) is 17.0. The van der Waals surface area contributed by atoms with Gasteiger partial charge in [0.05, 0.1) is 10.0 Å². The van der Waals surface area contributed by atoms with Crippen molar-refractivity contribution in [3.8, 4) is 0 Å². The largest absolute Gasteiger partial charge is 0.479 e. The maximum absolute atomic E-state index is 11.9. The molecule has 36 heavy (non-hydrogen) atoms. The van der Waals surface area contributed by atoms with Gasteiger partial charge in [-0.15, -0.1) is 0 Å². The van der Waals surface area contributed by atoms with E-state index in [9.17, 15) is 30.0 Å². The number of amides is 1. The first-order valence-corrected chi connectivity index (χ1v) is 11.9. The molecule has 1 saturated heterocycles. The number of hydrogen-bond acceptors (Lipinski definition) is 8. The van der Waals surface area contributed by atoms with Crippen LogP contribution >= 0.6 is 23.2 Å². The minimum atomic E-state index is -2.50. The van der Waals surface area contributed by atoms with Crippen molar-refractivity contribution in [3.05, 3.63) is 69.2 Å². The lowest BCUT2D eigenvalue weighted by atomic mass is 9.76. The summed E-state index contributed by atoms with van der Waals surface area (Å²) in [7, 11) is 1.45. The van der Waals surface area contributed by atoms with Crippen molar-refractivity contribution in [2.75, 3.05) is 7.05 Å². The number of halogens is 2. The van der Waals surface area contributed by atoms with Crippen LogP contribution < -0.4 is 5.73 Å². The quantitative estimate of drug-likeness (QED) is 0.357. The molecule has 12 heteroatoms. The molecule has 1 unspecified atom stereocenters. The van der Waals surface area contributed by atoms with Crippen molar-refractivity contribution in [1.82, 2.24) is 4.90 Å². The first kappa shape index (κ1) is 26.6. The number of nitrogens with two attached hydrogens (primary N) is 1. The third-order valence-corrected chi connectivity index (χ3v) is 7.65. The fourth-order valence-electron chi connectivity index (χ4n) is 5.15. The number of carboxylic acids is 1. The fourth-order valence-corrected chi connectivity index (χ4v) is 5.46. The van der Waals surface area contributed by atoms with Gasteiger partial charge in [0, 0.05) is 12.0 Å². The fraction of sp³-hybridized carbons (Fsp3) is 0.417. The van der Waals surface area contributed by atoms with Crippen LogP contribution in [-0.4, -0.2) is 74.8 Å². The highest BCUT2D eigenvalue weighted by atomic mass is 35.5. The Morgan fingerprint density at radius 1 is 1.06 bits per heavy atom. The molecule has 10 nitrogen and oxygen atoms in total. The third kappa shape index (κ3) is 4.54. The van der Waals surface area contributed by atoms with E-state index >= 15 is 0 Å². The number of rotatable bonds is 5. The molecule has 0 saturated carbocycles. The van der Waals surface area contributed by atoms with Crippen LogP contribution in [-0.2, 0) is 14.3 Å². The molecular weight excluding hydrogens is 515 g/mol. The van der Waals surface area contributed by atoms with Gasteiger partial charge in [0.15, 0.2) is 12.2 Å². The number of ether oxygens (including phenoxy) is 2. The molecule has 1 aliphatic heterocycles. The molecule has 4 rings (SSSR count). The highest BCUT2D eigenvalue weighted by Gasteiger charge is 2.62. The normalized spacial score (nSPS) is 32.1. The van der Waals surface area contributed by atoms with Gasteiger partial charge in [0.25, 0.3) is 0 Å². The molecule has 2 aliphatic rings. The lowest BCUT2D eigenvalue weighted by molar-refractivity contribution is -0.394. The van der Waals surface area contributed by atoms with E-state index in [1.807, 2.05) is 30.3 Å². The van der Waals surface area contributed by atoms with Gasteiger partial charge in [-0.2, -0.15) is 0 Å². The Balaban J connectivity index is 1.77. The topological polar surface area (TPSA) is 163 Å². The zero-order valence-corrected chi connectivity index (χ0v) is 20.6. The monoisotopic (exact) mass is 540 g/mol. The van der Waals surface area contributed by atoms with Gasteiger partial charge >= 0.3 is 18.0 Å². The van der Waals surface area contributed by atoms with Gasteiger partial charge in [0.2, 0.25) is 0 Å². The second-order valence-electron chi connectivity index (χ2n) is 8.91. The van der Waals surface area contributed by atoms with Gasteiger partial charge in [0.1, 0.15) is 12.2 Å².